The molecule has 1 aliphatic heterocycles. The van der Waals surface area contributed by atoms with Gasteiger partial charge in [0.25, 0.3) is 0 Å². The van der Waals surface area contributed by atoms with Gasteiger partial charge in [0, 0.05) is 24.9 Å². The number of piperidine rings is 1. The summed E-state index contributed by atoms with van der Waals surface area (Å²) in [5, 5.41) is 2.63. The molecule has 0 radical (unpaired) electrons. The van der Waals surface area contributed by atoms with Crippen molar-refractivity contribution < 1.29 is 23.2 Å². The van der Waals surface area contributed by atoms with E-state index >= 15 is 0 Å². The molecule has 134 valence electrons. The summed E-state index contributed by atoms with van der Waals surface area (Å²) >= 11 is 0. The van der Waals surface area contributed by atoms with Crippen molar-refractivity contribution in [2.24, 2.45) is 11.8 Å². The van der Waals surface area contributed by atoms with Crippen LogP contribution in [0.2, 0.25) is 0 Å². The first-order valence-corrected chi connectivity index (χ1v) is 8.50. The van der Waals surface area contributed by atoms with Gasteiger partial charge in [0.15, 0.2) is 5.78 Å². The van der Waals surface area contributed by atoms with E-state index in [1.54, 1.807) is 4.90 Å². The molecule has 5 nitrogen and oxygen atoms in total. The lowest BCUT2D eigenvalue weighted by molar-refractivity contribution is -0.134. The molecule has 2 aliphatic rings. The highest BCUT2D eigenvalue weighted by atomic mass is 19.1. The molecule has 1 aromatic carbocycles. The van der Waals surface area contributed by atoms with E-state index in [1.807, 2.05) is 0 Å². The van der Waals surface area contributed by atoms with Crippen LogP contribution < -0.4 is 5.32 Å². The highest BCUT2D eigenvalue weighted by Gasteiger charge is 2.32. The maximum absolute atomic E-state index is 13.7. The highest BCUT2D eigenvalue weighted by molar-refractivity contribution is 5.98. The number of hydrogen-bond donors (Lipinski definition) is 1. The molecule has 1 N–H and O–H groups in total. The van der Waals surface area contributed by atoms with Gasteiger partial charge in [-0.25, -0.2) is 8.78 Å². The number of hydrogen-bond acceptors (Lipinski definition) is 3. The fourth-order valence-corrected chi connectivity index (χ4v) is 3.06. The minimum absolute atomic E-state index is 0.0352. The molecule has 1 aliphatic carbocycles. The SMILES string of the molecule is O=C(NCC(=O)N1CCC(C(=O)c2cc(F)ccc2F)CC1)C1CC1. The van der Waals surface area contributed by atoms with Crippen molar-refractivity contribution in [3.63, 3.8) is 0 Å². The van der Waals surface area contributed by atoms with E-state index in [0.717, 1.165) is 31.0 Å². The first kappa shape index (κ1) is 17.5. The van der Waals surface area contributed by atoms with E-state index in [-0.39, 0.29) is 29.8 Å². The fraction of sp³-hybridized carbons (Fsp3) is 0.500. The van der Waals surface area contributed by atoms with Gasteiger partial charge >= 0.3 is 0 Å². The Morgan fingerprint density at radius 3 is 2.36 bits per heavy atom. The van der Waals surface area contributed by atoms with Crippen LogP contribution in [-0.2, 0) is 9.59 Å². The van der Waals surface area contributed by atoms with Gasteiger partial charge in [-0.2, -0.15) is 0 Å². The average molecular weight is 350 g/mol. The smallest absolute Gasteiger partial charge is 0.241 e. The number of halogens is 2. The molecule has 0 bridgehead atoms. The number of ketones is 1. The van der Waals surface area contributed by atoms with E-state index in [9.17, 15) is 23.2 Å². The van der Waals surface area contributed by atoms with Crippen LogP contribution >= 0.6 is 0 Å². The lowest BCUT2D eigenvalue weighted by Crippen LogP contribution is -2.45. The van der Waals surface area contributed by atoms with E-state index < -0.39 is 23.3 Å². The van der Waals surface area contributed by atoms with Crippen molar-refractivity contribution in [1.29, 1.82) is 0 Å². The molecule has 1 saturated heterocycles. The lowest BCUT2D eigenvalue weighted by atomic mass is 9.88. The zero-order valence-corrected chi connectivity index (χ0v) is 13.8. The van der Waals surface area contributed by atoms with Crippen molar-refractivity contribution in [2.75, 3.05) is 19.6 Å². The quantitative estimate of drug-likeness (QED) is 0.825. The predicted molar refractivity (Wildman–Crippen MR) is 85.7 cm³/mol. The van der Waals surface area contributed by atoms with Crippen molar-refractivity contribution in [3.8, 4) is 0 Å². The molecule has 0 aromatic heterocycles. The van der Waals surface area contributed by atoms with Crippen LogP contribution in [0.15, 0.2) is 18.2 Å². The molecular weight excluding hydrogens is 330 g/mol. The summed E-state index contributed by atoms with van der Waals surface area (Å²) in [7, 11) is 0. The number of nitrogens with one attached hydrogen (secondary N) is 1. The normalized spacial score (nSPS) is 18.1. The van der Waals surface area contributed by atoms with Crippen LogP contribution in [0.3, 0.4) is 0 Å². The van der Waals surface area contributed by atoms with Gasteiger partial charge < -0.3 is 10.2 Å². The van der Waals surface area contributed by atoms with Gasteiger partial charge in [-0.1, -0.05) is 0 Å². The molecule has 2 fully saturated rings. The highest BCUT2D eigenvalue weighted by Crippen LogP contribution is 2.28. The first-order valence-electron chi connectivity index (χ1n) is 8.50. The fourth-order valence-electron chi connectivity index (χ4n) is 3.06. The van der Waals surface area contributed by atoms with Crippen LogP contribution in [-0.4, -0.2) is 42.1 Å². The number of Topliss-reactive ketones (excluding diaryl/α,β-unsaturated/α-hetero) is 1. The molecular formula is C18H20F2N2O3. The number of carbonyl (C=O) groups excluding carboxylic acids is 3. The van der Waals surface area contributed by atoms with Gasteiger partial charge in [-0.3, -0.25) is 14.4 Å². The second kappa shape index (κ2) is 7.29. The summed E-state index contributed by atoms with van der Waals surface area (Å²) in [6, 6.07) is 2.84. The first-order chi connectivity index (χ1) is 12.0. The van der Waals surface area contributed by atoms with E-state index in [0.29, 0.717) is 25.9 Å². The molecule has 0 unspecified atom stereocenters. The Morgan fingerprint density at radius 2 is 1.72 bits per heavy atom. The van der Waals surface area contributed by atoms with Crippen molar-refractivity contribution in [3.05, 3.63) is 35.4 Å². The molecule has 1 heterocycles. The van der Waals surface area contributed by atoms with E-state index in [4.69, 9.17) is 0 Å². The zero-order chi connectivity index (χ0) is 18.0. The number of nitrogens with zero attached hydrogens (tertiary/aromatic N) is 1. The minimum Gasteiger partial charge on any atom is -0.347 e. The lowest BCUT2D eigenvalue weighted by Gasteiger charge is -2.31. The van der Waals surface area contributed by atoms with Crippen LogP contribution in [0.5, 0.6) is 0 Å². The second-order valence-electron chi connectivity index (χ2n) is 6.64. The van der Waals surface area contributed by atoms with Crippen molar-refractivity contribution in [1.82, 2.24) is 10.2 Å². The number of rotatable bonds is 5. The summed E-state index contributed by atoms with van der Waals surface area (Å²) in [4.78, 5) is 37.6. The van der Waals surface area contributed by atoms with Crippen LogP contribution in [0.25, 0.3) is 0 Å². The number of amides is 2. The Kier molecular flexibility index (Phi) is 5.11. The van der Waals surface area contributed by atoms with E-state index in [1.165, 1.54) is 0 Å². The minimum atomic E-state index is -0.729. The molecule has 1 saturated carbocycles. The summed E-state index contributed by atoms with van der Waals surface area (Å²) < 4.78 is 27.0. The average Bonchev–Trinajstić information content (AvgIpc) is 3.46. The van der Waals surface area contributed by atoms with Gasteiger partial charge in [0.05, 0.1) is 12.1 Å². The number of carbonyl (C=O) groups is 3. The molecule has 1 aromatic rings. The van der Waals surface area contributed by atoms with E-state index in [2.05, 4.69) is 5.32 Å². The molecule has 25 heavy (non-hydrogen) atoms. The topological polar surface area (TPSA) is 66.5 Å². The Morgan fingerprint density at radius 1 is 1.04 bits per heavy atom. The van der Waals surface area contributed by atoms with Crippen LogP contribution in [0, 0.1) is 23.5 Å². The molecule has 0 atom stereocenters. The van der Waals surface area contributed by atoms with Crippen molar-refractivity contribution >= 4 is 17.6 Å². The van der Waals surface area contributed by atoms with Gasteiger partial charge in [0.1, 0.15) is 11.6 Å². The maximum Gasteiger partial charge on any atom is 0.241 e. The molecule has 0 spiro atoms. The van der Waals surface area contributed by atoms with Crippen LogP contribution in [0.1, 0.15) is 36.0 Å². The summed E-state index contributed by atoms with van der Waals surface area (Å²) in [5.74, 6) is -2.45. The zero-order valence-electron chi connectivity index (χ0n) is 13.8. The third-order valence-electron chi connectivity index (χ3n) is 4.77. The Hall–Kier alpha value is -2.31. The molecule has 7 heteroatoms. The standard InChI is InChI=1S/C18H20F2N2O3/c19-13-3-4-15(20)14(9-13)17(24)11-5-7-22(8-6-11)16(23)10-21-18(25)12-1-2-12/h3-4,9,11-12H,1-2,5-8,10H2,(H,21,25). The number of likely N-dealkylation sites (tertiary alicyclic amines) is 1. The van der Waals surface area contributed by atoms with Gasteiger partial charge in [-0.15, -0.1) is 0 Å². The van der Waals surface area contributed by atoms with Crippen LogP contribution in [0.4, 0.5) is 8.78 Å². The molecule has 3 rings (SSSR count). The third-order valence-corrected chi connectivity index (χ3v) is 4.77. The monoisotopic (exact) mass is 350 g/mol. The van der Waals surface area contributed by atoms with Crippen molar-refractivity contribution in [2.45, 2.75) is 25.7 Å². The number of benzene rings is 1. The largest absolute Gasteiger partial charge is 0.347 e. The summed E-state index contributed by atoms with van der Waals surface area (Å²) in [6.45, 7) is 0.698. The Labute approximate surface area is 144 Å². The van der Waals surface area contributed by atoms with Gasteiger partial charge in [0.2, 0.25) is 11.8 Å². The predicted octanol–water partition coefficient (Wildman–Crippen LogP) is 1.91. The summed E-state index contributed by atoms with van der Waals surface area (Å²) in [5.41, 5.74) is -0.235. The molecule has 2 amide bonds. The van der Waals surface area contributed by atoms with Gasteiger partial charge in [-0.05, 0) is 43.9 Å². The maximum atomic E-state index is 13.7. The Balaban J connectivity index is 1.50. The third kappa shape index (κ3) is 4.21. The second-order valence-corrected chi connectivity index (χ2v) is 6.64. The summed E-state index contributed by atoms with van der Waals surface area (Å²) in [6.07, 6.45) is 2.56. The Bertz CT molecular complexity index is 696.